The maximum Gasteiger partial charge on any atom is 0.254 e. The van der Waals surface area contributed by atoms with E-state index in [-0.39, 0.29) is 5.91 Å². The number of likely N-dealkylation sites (tertiary alicyclic amines) is 1. The van der Waals surface area contributed by atoms with Crippen molar-refractivity contribution in [2.24, 2.45) is 0 Å². The van der Waals surface area contributed by atoms with Crippen molar-refractivity contribution in [1.29, 1.82) is 0 Å². The third-order valence-electron chi connectivity index (χ3n) is 5.49. The smallest absolute Gasteiger partial charge is 0.254 e. The number of rotatable bonds is 2. The van der Waals surface area contributed by atoms with Gasteiger partial charge in [0.15, 0.2) is 0 Å². The Morgan fingerprint density at radius 2 is 1.96 bits per heavy atom. The third-order valence-corrected chi connectivity index (χ3v) is 5.49. The fourth-order valence-electron chi connectivity index (χ4n) is 4.07. The molecule has 2 aromatic heterocycles. The van der Waals surface area contributed by atoms with E-state index in [9.17, 15) is 4.79 Å². The molecular weight excluding hydrogens is 314 g/mol. The van der Waals surface area contributed by atoms with Crippen LogP contribution in [0.3, 0.4) is 0 Å². The van der Waals surface area contributed by atoms with Crippen LogP contribution in [-0.4, -0.2) is 82.9 Å². The van der Waals surface area contributed by atoms with Gasteiger partial charge in [0.25, 0.3) is 5.91 Å². The molecule has 0 spiro atoms. The Morgan fingerprint density at radius 1 is 1.12 bits per heavy atom. The standard InChI is InChI=1S/C19H25N5O/c1-22-8-2-3-15(14-22)23-9-11-24(12-10-23)19(25)16-4-7-21-18-5-6-20-13-17(16)18/h4-7,13,15H,2-3,8-12,14H2,1H3. The monoisotopic (exact) mass is 339 g/mol. The minimum Gasteiger partial charge on any atom is -0.336 e. The summed E-state index contributed by atoms with van der Waals surface area (Å²) in [7, 11) is 2.20. The van der Waals surface area contributed by atoms with Gasteiger partial charge in [-0.05, 0) is 38.6 Å². The van der Waals surface area contributed by atoms with Crippen LogP contribution in [0.2, 0.25) is 0 Å². The van der Waals surface area contributed by atoms with Crippen LogP contribution in [0.25, 0.3) is 10.9 Å². The van der Waals surface area contributed by atoms with Crippen LogP contribution in [0.15, 0.2) is 30.7 Å². The average molecular weight is 339 g/mol. The van der Waals surface area contributed by atoms with Gasteiger partial charge in [0.2, 0.25) is 0 Å². The summed E-state index contributed by atoms with van der Waals surface area (Å²) in [4.78, 5) is 28.4. The highest BCUT2D eigenvalue weighted by Crippen LogP contribution is 2.20. The molecule has 0 aliphatic carbocycles. The fourth-order valence-corrected chi connectivity index (χ4v) is 4.07. The van der Waals surface area contributed by atoms with Gasteiger partial charge >= 0.3 is 0 Å². The first-order valence-electron chi connectivity index (χ1n) is 9.13. The van der Waals surface area contributed by atoms with E-state index in [2.05, 4.69) is 26.8 Å². The number of amides is 1. The van der Waals surface area contributed by atoms with Gasteiger partial charge in [0.1, 0.15) is 0 Å². The molecule has 0 aromatic carbocycles. The lowest BCUT2D eigenvalue weighted by atomic mass is 10.0. The van der Waals surface area contributed by atoms with Crippen molar-refractivity contribution in [3.8, 4) is 0 Å². The van der Waals surface area contributed by atoms with Crippen molar-refractivity contribution in [1.82, 2.24) is 24.7 Å². The van der Waals surface area contributed by atoms with Crippen LogP contribution in [0.5, 0.6) is 0 Å². The molecule has 6 heteroatoms. The van der Waals surface area contributed by atoms with Crippen molar-refractivity contribution in [2.75, 3.05) is 46.3 Å². The molecule has 0 N–H and O–H groups in total. The second kappa shape index (κ2) is 7.06. The van der Waals surface area contributed by atoms with Gasteiger partial charge < -0.3 is 9.80 Å². The zero-order valence-electron chi connectivity index (χ0n) is 14.8. The summed E-state index contributed by atoms with van der Waals surface area (Å²) in [5.41, 5.74) is 1.54. The number of likely N-dealkylation sites (N-methyl/N-ethyl adjacent to an activating group) is 1. The fraction of sp³-hybridized carbons (Fsp3) is 0.526. The van der Waals surface area contributed by atoms with E-state index in [1.807, 2.05) is 17.0 Å². The summed E-state index contributed by atoms with van der Waals surface area (Å²) >= 11 is 0. The van der Waals surface area contributed by atoms with Gasteiger partial charge in [0.05, 0.1) is 11.1 Å². The Kier molecular flexibility index (Phi) is 4.63. The molecule has 1 atom stereocenters. The summed E-state index contributed by atoms with van der Waals surface area (Å²) in [5, 5.41) is 0.839. The van der Waals surface area contributed by atoms with Gasteiger partial charge in [0, 0.05) is 62.7 Å². The number of piperazine rings is 1. The van der Waals surface area contributed by atoms with Crippen molar-refractivity contribution in [2.45, 2.75) is 18.9 Å². The predicted octanol–water partition coefficient (Wildman–Crippen LogP) is 1.48. The quantitative estimate of drug-likeness (QED) is 0.830. The Labute approximate surface area is 148 Å². The number of aromatic nitrogens is 2. The van der Waals surface area contributed by atoms with E-state index in [1.165, 1.54) is 19.4 Å². The second-order valence-electron chi connectivity index (χ2n) is 7.14. The Balaban J connectivity index is 1.44. The van der Waals surface area contributed by atoms with E-state index in [0.29, 0.717) is 11.6 Å². The van der Waals surface area contributed by atoms with Crippen LogP contribution < -0.4 is 0 Å². The lowest BCUT2D eigenvalue weighted by Crippen LogP contribution is -2.55. The summed E-state index contributed by atoms with van der Waals surface area (Å²) in [6, 6.07) is 4.31. The molecular formula is C19H25N5O. The van der Waals surface area contributed by atoms with E-state index in [4.69, 9.17) is 0 Å². The lowest BCUT2D eigenvalue weighted by Gasteiger charge is -2.42. The maximum atomic E-state index is 13.0. The molecule has 0 radical (unpaired) electrons. The van der Waals surface area contributed by atoms with Crippen molar-refractivity contribution in [3.05, 3.63) is 36.3 Å². The van der Waals surface area contributed by atoms with Gasteiger partial charge in [-0.15, -0.1) is 0 Å². The van der Waals surface area contributed by atoms with E-state index < -0.39 is 0 Å². The molecule has 1 unspecified atom stereocenters. The third kappa shape index (κ3) is 3.37. The number of pyridine rings is 2. The largest absolute Gasteiger partial charge is 0.336 e. The number of hydrogen-bond donors (Lipinski definition) is 0. The van der Waals surface area contributed by atoms with Gasteiger partial charge in [-0.2, -0.15) is 0 Å². The van der Waals surface area contributed by atoms with Crippen molar-refractivity contribution >= 4 is 16.8 Å². The highest BCUT2D eigenvalue weighted by molar-refractivity contribution is 6.05. The molecule has 2 aliphatic heterocycles. The Bertz CT molecular complexity index is 751. The summed E-state index contributed by atoms with van der Waals surface area (Å²) in [6.07, 6.45) is 7.71. The van der Waals surface area contributed by atoms with Crippen molar-refractivity contribution < 1.29 is 4.79 Å². The molecule has 25 heavy (non-hydrogen) atoms. The normalized spacial score (nSPS) is 23.1. The lowest BCUT2D eigenvalue weighted by molar-refractivity contribution is 0.0453. The SMILES string of the molecule is CN1CCCC(N2CCN(C(=O)c3ccnc4ccncc34)CC2)C1. The second-order valence-corrected chi connectivity index (χ2v) is 7.14. The maximum absolute atomic E-state index is 13.0. The highest BCUT2D eigenvalue weighted by atomic mass is 16.2. The molecule has 0 bridgehead atoms. The zero-order chi connectivity index (χ0) is 17.2. The number of piperidine rings is 1. The number of nitrogens with zero attached hydrogens (tertiary/aromatic N) is 5. The van der Waals surface area contributed by atoms with Crippen LogP contribution in [0, 0.1) is 0 Å². The van der Waals surface area contributed by atoms with Gasteiger partial charge in [-0.3, -0.25) is 19.7 Å². The number of hydrogen-bond acceptors (Lipinski definition) is 5. The minimum atomic E-state index is 0.0980. The summed E-state index contributed by atoms with van der Waals surface area (Å²) < 4.78 is 0. The number of fused-ring (bicyclic) bond motifs is 1. The van der Waals surface area contributed by atoms with Crippen LogP contribution in [0.1, 0.15) is 23.2 Å². The predicted molar refractivity (Wildman–Crippen MR) is 97.5 cm³/mol. The topological polar surface area (TPSA) is 52.6 Å². The molecule has 4 rings (SSSR count). The minimum absolute atomic E-state index is 0.0980. The summed E-state index contributed by atoms with van der Waals surface area (Å²) in [5.74, 6) is 0.0980. The molecule has 2 aromatic rings. The molecule has 4 heterocycles. The van der Waals surface area contributed by atoms with E-state index in [0.717, 1.165) is 43.6 Å². The molecule has 1 amide bonds. The van der Waals surface area contributed by atoms with Crippen LogP contribution >= 0.6 is 0 Å². The molecule has 2 aliphatic rings. The molecule has 0 saturated carbocycles. The number of carbonyl (C=O) groups excluding carboxylic acids is 1. The first-order valence-corrected chi connectivity index (χ1v) is 9.13. The molecule has 2 fully saturated rings. The first-order chi connectivity index (χ1) is 12.2. The Morgan fingerprint density at radius 3 is 2.76 bits per heavy atom. The molecule has 6 nitrogen and oxygen atoms in total. The van der Waals surface area contributed by atoms with Crippen molar-refractivity contribution in [3.63, 3.8) is 0 Å². The summed E-state index contributed by atoms with van der Waals surface area (Å²) in [6.45, 7) is 5.87. The van der Waals surface area contributed by atoms with Gasteiger partial charge in [-0.25, -0.2) is 0 Å². The molecule has 132 valence electrons. The van der Waals surface area contributed by atoms with Gasteiger partial charge in [-0.1, -0.05) is 0 Å². The van der Waals surface area contributed by atoms with Crippen LogP contribution in [0.4, 0.5) is 0 Å². The first kappa shape index (κ1) is 16.4. The van der Waals surface area contributed by atoms with E-state index in [1.54, 1.807) is 18.6 Å². The highest BCUT2D eigenvalue weighted by Gasteiger charge is 2.29. The molecule has 2 saturated heterocycles. The number of carbonyl (C=O) groups is 1. The van der Waals surface area contributed by atoms with Crippen LogP contribution in [-0.2, 0) is 0 Å². The average Bonchev–Trinajstić information content (AvgIpc) is 2.67. The van der Waals surface area contributed by atoms with E-state index >= 15 is 0 Å². The zero-order valence-corrected chi connectivity index (χ0v) is 14.8. The Hall–Kier alpha value is -2.05.